The molecule has 2 aromatic carbocycles. The number of hydrogen-bond acceptors (Lipinski definition) is 4. The summed E-state index contributed by atoms with van der Waals surface area (Å²) >= 11 is 0. The van der Waals surface area contributed by atoms with Crippen LogP contribution in [0.3, 0.4) is 0 Å². The Morgan fingerprint density at radius 3 is 2.66 bits per heavy atom. The summed E-state index contributed by atoms with van der Waals surface area (Å²) in [4.78, 5) is 20.9. The van der Waals surface area contributed by atoms with Crippen LogP contribution in [0.5, 0.6) is 5.75 Å². The number of carbonyl (C=O) groups is 1. The van der Waals surface area contributed by atoms with Gasteiger partial charge in [0, 0.05) is 28.4 Å². The number of aromatic nitrogens is 2. The second kappa shape index (κ2) is 8.32. The second-order valence-corrected chi connectivity index (χ2v) is 6.93. The Kier molecular flexibility index (Phi) is 5.44. The van der Waals surface area contributed by atoms with Crippen molar-refractivity contribution in [2.75, 3.05) is 20.2 Å². The number of ether oxygens (including phenoxy) is 1. The average molecular weight is 388 g/mol. The maximum atomic E-state index is 12.8. The summed E-state index contributed by atoms with van der Waals surface area (Å²) in [7, 11) is 1.64. The second-order valence-electron chi connectivity index (χ2n) is 6.93. The summed E-state index contributed by atoms with van der Waals surface area (Å²) in [6, 6.07) is 17.6. The largest absolute Gasteiger partial charge is 0.497 e. The molecule has 0 unspecified atom stereocenters. The molecule has 4 rings (SSSR count). The molecular formula is C23H24N4O2. The number of hydrogen-bond donors (Lipinski definition) is 3. The number of benzene rings is 2. The zero-order valence-corrected chi connectivity index (χ0v) is 16.4. The van der Waals surface area contributed by atoms with E-state index in [1.807, 2.05) is 48.5 Å². The lowest BCUT2D eigenvalue weighted by Crippen LogP contribution is -2.25. The Hall–Kier alpha value is -3.38. The summed E-state index contributed by atoms with van der Waals surface area (Å²) < 4.78 is 5.27. The fraction of sp³-hybridized carbons (Fsp3) is 0.217. The lowest BCUT2D eigenvalue weighted by Gasteiger charge is -2.09. The molecule has 0 aliphatic carbocycles. The van der Waals surface area contributed by atoms with Crippen LogP contribution in [0.1, 0.15) is 23.3 Å². The van der Waals surface area contributed by atoms with Gasteiger partial charge in [0.1, 0.15) is 11.4 Å². The van der Waals surface area contributed by atoms with Gasteiger partial charge in [-0.25, -0.2) is 4.98 Å². The number of pyridine rings is 1. The highest BCUT2D eigenvalue weighted by Crippen LogP contribution is 2.33. The van der Waals surface area contributed by atoms with Crippen molar-refractivity contribution in [1.29, 1.82) is 0 Å². The fourth-order valence-electron chi connectivity index (χ4n) is 3.48. The number of aromatic amines is 1. The van der Waals surface area contributed by atoms with Crippen molar-refractivity contribution in [2.45, 2.75) is 12.8 Å². The number of rotatable bonds is 7. The molecule has 2 heterocycles. The molecular weight excluding hydrogens is 364 g/mol. The molecule has 0 aliphatic rings. The molecule has 4 aromatic rings. The third-order valence-corrected chi connectivity index (χ3v) is 5.01. The predicted molar refractivity (Wildman–Crippen MR) is 116 cm³/mol. The number of nitrogens with two attached hydrogens (primary N) is 1. The van der Waals surface area contributed by atoms with E-state index in [4.69, 9.17) is 15.5 Å². The van der Waals surface area contributed by atoms with Gasteiger partial charge in [-0.05, 0) is 55.8 Å². The Balaban J connectivity index is 1.82. The van der Waals surface area contributed by atoms with E-state index in [0.717, 1.165) is 51.7 Å². The maximum absolute atomic E-state index is 12.8. The molecule has 0 bridgehead atoms. The van der Waals surface area contributed by atoms with Crippen LogP contribution in [0.2, 0.25) is 0 Å². The van der Waals surface area contributed by atoms with Gasteiger partial charge in [-0.1, -0.05) is 18.2 Å². The van der Waals surface area contributed by atoms with Gasteiger partial charge in [0.2, 0.25) is 0 Å². The van der Waals surface area contributed by atoms with Crippen LogP contribution in [0, 0.1) is 0 Å². The van der Waals surface area contributed by atoms with Gasteiger partial charge in [0.05, 0.1) is 18.3 Å². The number of carbonyl (C=O) groups excluding carboxylic acids is 1. The predicted octanol–water partition coefficient (Wildman–Crippen LogP) is 3.86. The quantitative estimate of drug-likeness (QED) is 0.419. The number of unbranched alkanes of at least 4 members (excludes halogenated alkanes) is 1. The molecule has 148 valence electrons. The third-order valence-electron chi connectivity index (χ3n) is 5.01. The van der Waals surface area contributed by atoms with E-state index >= 15 is 0 Å². The van der Waals surface area contributed by atoms with Crippen molar-refractivity contribution in [3.63, 3.8) is 0 Å². The van der Waals surface area contributed by atoms with E-state index in [1.54, 1.807) is 7.11 Å². The zero-order chi connectivity index (χ0) is 20.2. The lowest BCUT2D eigenvalue weighted by molar-refractivity contribution is 0.0948. The van der Waals surface area contributed by atoms with Crippen molar-refractivity contribution in [2.24, 2.45) is 5.73 Å². The minimum atomic E-state index is -0.177. The Morgan fingerprint density at radius 2 is 1.90 bits per heavy atom. The van der Waals surface area contributed by atoms with Crippen LogP contribution in [-0.4, -0.2) is 36.1 Å². The molecule has 0 fully saturated rings. The Labute approximate surface area is 169 Å². The summed E-state index contributed by atoms with van der Waals surface area (Å²) in [6.45, 7) is 1.21. The minimum Gasteiger partial charge on any atom is -0.497 e. The van der Waals surface area contributed by atoms with E-state index in [2.05, 4.69) is 16.4 Å². The molecule has 6 nitrogen and oxygen atoms in total. The van der Waals surface area contributed by atoms with Crippen molar-refractivity contribution in [3.05, 3.63) is 60.3 Å². The van der Waals surface area contributed by atoms with E-state index in [0.29, 0.717) is 18.8 Å². The number of nitrogens with zero attached hydrogens (tertiary/aromatic N) is 1. The van der Waals surface area contributed by atoms with Crippen molar-refractivity contribution in [1.82, 2.24) is 15.3 Å². The summed E-state index contributed by atoms with van der Waals surface area (Å²) in [5.74, 6) is 0.597. The van der Waals surface area contributed by atoms with Gasteiger partial charge >= 0.3 is 0 Å². The summed E-state index contributed by atoms with van der Waals surface area (Å²) in [5, 5.41) is 5.00. The molecule has 0 spiro atoms. The van der Waals surface area contributed by atoms with Crippen LogP contribution >= 0.6 is 0 Å². The lowest BCUT2D eigenvalue weighted by atomic mass is 10.1. The van der Waals surface area contributed by atoms with Gasteiger partial charge in [-0.2, -0.15) is 0 Å². The maximum Gasteiger partial charge on any atom is 0.269 e. The highest BCUT2D eigenvalue weighted by Gasteiger charge is 2.17. The van der Waals surface area contributed by atoms with E-state index in [9.17, 15) is 4.79 Å². The Bertz CT molecular complexity index is 1150. The minimum absolute atomic E-state index is 0.177. The molecule has 0 saturated heterocycles. The first kappa shape index (κ1) is 19.0. The monoisotopic (exact) mass is 388 g/mol. The number of fused-ring (bicyclic) bond motifs is 3. The highest BCUT2D eigenvalue weighted by molar-refractivity contribution is 6.13. The van der Waals surface area contributed by atoms with E-state index < -0.39 is 0 Å². The zero-order valence-electron chi connectivity index (χ0n) is 16.4. The van der Waals surface area contributed by atoms with Crippen LogP contribution in [0.4, 0.5) is 0 Å². The third kappa shape index (κ3) is 3.79. The SMILES string of the molecule is COc1ccc(-c2nc(C(=O)NCCCCN)cc3c2[nH]c2ccccc23)cc1. The topological polar surface area (TPSA) is 93.0 Å². The first-order valence-corrected chi connectivity index (χ1v) is 9.75. The smallest absolute Gasteiger partial charge is 0.269 e. The molecule has 4 N–H and O–H groups in total. The van der Waals surface area contributed by atoms with Gasteiger partial charge in [-0.3, -0.25) is 4.79 Å². The fourth-order valence-corrected chi connectivity index (χ4v) is 3.48. The molecule has 0 atom stereocenters. The molecule has 0 saturated carbocycles. The first-order chi connectivity index (χ1) is 14.2. The number of nitrogens with one attached hydrogen (secondary N) is 2. The first-order valence-electron chi connectivity index (χ1n) is 9.75. The van der Waals surface area contributed by atoms with Gasteiger partial charge in [-0.15, -0.1) is 0 Å². The number of H-pyrrole nitrogens is 1. The van der Waals surface area contributed by atoms with Crippen molar-refractivity contribution >= 4 is 27.7 Å². The molecule has 0 radical (unpaired) electrons. The number of amides is 1. The normalized spacial score (nSPS) is 11.1. The molecule has 2 aromatic heterocycles. The standard InChI is InChI=1S/C23H24N4O2/c1-29-16-10-8-15(9-11-16)21-22-18(17-6-2-3-7-19(17)26-22)14-20(27-21)23(28)25-13-5-4-12-24/h2-3,6-11,14,26H,4-5,12-13,24H2,1H3,(H,25,28). The van der Waals surface area contributed by atoms with Gasteiger partial charge in [0.25, 0.3) is 5.91 Å². The van der Waals surface area contributed by atoms with Crippen molar-refractivity contribution in [3.8, 4) is 17.0 Å². The van der Waals surface area contributed by atoms with Gasteiger partial charge in [0.15, 0.2) is 0 Å². The summed E-state index contributed by atoms with van der Waals surface area (Å²) in [6.07, 6.45) is 1.73. The van der Waals surface area contributed by atoms with Crippen LogP contribution in [0.25, 0.3) is 33.1 Å². The van der Waals surface area contributed by atoms with Crippen LogP contribution < -0.4 is 15.8 Å². The molecule has 1 amide bonds. The van der Waals surface area contributed by atoms with Crippen LogP contribution in [-0.2, 0) is 0 Å². The highest BCUT2D eigenvalue weighted by atomic mass is 16.5. The van der Waals surface area contributed by atoms with Crippen LogP contribution in [0.15, 0.2) is 54.6 Å². The molecule has 29 heavy (non-hydrogen) atoms. The molecule has 0 aliphatic heterocycles. The van der Waals surface area contributed by atoms with Crippen molar-refractivity contribution < 1.29 is 9.53 Å². The average Bonchev–Trinajstić information content (AvgIpc) is 3.15. The number of para-hydroxylation sites is 1. The van der Waals surface area contributed by atoms with E-state index in [-0.39, 0.29) is 5.91 Å². The van der Waals surface area contributed by atoms with Gasteiger partial charge < -0.3 is 20.8 Å². The van der Waals surface area contributed by atoms with E-state index in [1.165, 1.54) is 0 Å². The number of methoxy groups -OCH3 is 1. The molecule has 6 heteroatoms. The summed E-state index contributed by atoms with van der Waals surface area (Å²) in [5.41, 5.74) is 9.52. The Morgan fingerprint density at radius 1 is 1.10 bits per heavy atom.